The number of nitrogens with zero attached hydrogens (tertiary/aromatic N) is 3. The maximum atomic E-state index is 13.4. The van der Waals surface area contributed by atoms with Crippen molar-refractivity contribution in [2.75, 3.05) is 27.5 Å². The zero-order valence-corrected chi connectivity index (χ0v) is 29.3. The zero-order valence-electron chi connectivity index (χ0n) is 26.3. The summed E-state index contributed by atoms with van der Waals surface area (Å²) in [6.07, 6.45) is 10.9. The Bertz CT molecular complexity index is 1580. The number of carbonyl (C=O) groups excluding carboxylic acids is 2. The first-order valence-corrected chi connectivity index (χ1v) is 22.1. The topological polar surface area (TPSA) is 127 Å². The molecular formula is C33H44IN3O7S. The summed E-state index contributed by atoms with van der Waals surface area (Å²) in [6, 6.07) is 9.86. The van der Waals surface area contributed by atoms with E-state index in [1.54, 1.807) is 6.20 Å². The van der Waals surface area contributed by atoms with Gasteiger partial charge in [-0.2, -0.15) is 0 Å². The number of halogens is 1. The summed E-state index contributed by atoms with van der Waals surface area (Å²) in [5, 5.41) is 0.908. The molecule has 1 aliphatic carbocycles. The summed E-state index contributed by atoms with van der Waals surface area (Å²) in [7, 11) is -3.02. The van der Waals surface area contributed by atoms with Gasteiger partial charge in [-0.1, -0.05) is 6.07 Å². The fourth-order valence-corrected chi connectivity index (χ4v) is 12.8. The van der Waals surface area contributed by atoms with E-state index in [4.69, 9.17) is 14.2 Å². The Labute approximate surface area is 272 Å². The van der Waals surface area contributed by atoms with Gasteiger partial charge in [-0.15, -0.1) is 0 Å². The first kappa shape index (κ1) is 33.6. The van der Waals surface area contributed by atoms with Crippen molar-refractivity contribution in [3.05, 3.63) is 42.7 Å². The van der Waals surface area contributed by atoms with Crippen molar-refractivity contribution in [1.82, 2.24) is 14.5 Å². The predicted molar refractivity (Wildman–Crippen MR) is 182 cm³/mol. The van der Waals surface area contributed by atoms with Crippen LogP contribution in [0.5, 0.6) is 11.8 Å². The van der Waals surface area contributed by atoms with Gasteiger partial charge in [0.2, 0.25) is 0 Å². The van der Waals surface area contributed by atoms with Gasteiger partial charge in [0.1, 0.15) is 15.6 Å². The number of fused-ring (bicyclic) bond motifs is 1. The number of esters is 1. The van der Waals surface area contributed by atoms with E-state index in [-0.39, 0.29) is 35.8 Å². The molecule has 3 heterocycles. The van der Waals surface area contributed by atoms with Gasteiger partial charge in [-0.3, -0.25) is 0 Å². The number of alkyl halides is 2. The van der Waals surface area contributed by atoms with E-state index in [0.717, 1.165) is 64.7 Å². The van der Waals surface area contributed by atoms with Crippen LogP contribution in [0.1, 0.15) is 65.2 Å². The molecule has 246 valence electrons. The van der Waals surface area contributed by atoms with Gasteiger partial charge in [-0.05, 0) is 12.5 Å². The summed E-state index contributed by atoms with van der Waals surface area (Å²) in [4.78, 5) is 34.6. The van der Waals surface area contributed by atoms with Crippen molar-refractivity contribution in [1.29, 1.82) is 0 Å². The number of benzene rings is 1. The van der Waals surface area contributed by atoms with E-state index < -0.39 is 29.7 Å². The number of ether oxygens (including phenoxy) is 3. The molecule has 1 saturated heterocycles. The van der Waals surface area contributed by atoms with E-state index in [9.17, 15) is 18.0 Å². The molecule has 5 rings (SSSR count). The molecule has 45 heavy (non-hydrogen) atoms. The molecule has 0 bridgehead atoms. The molecular weight excluding hydrogens is 709 g/mol. The van der Waals surface area contributed by atoms with Gasteiger partial charge in [0.15, 0.2) is 0 Å². The molecule has 0 radical (unpaired) electrons. The number of rotatable bonds is 13. The van der Waals surface area contributed by atoms with Crippen molar-refractivity contribution in [3.63, 3.8) is 0 Å². The Hall–Kier alpha value is -2.74. The SMILES string of the molecule is CC[C@@H](C)C(=O)OC1CCI(C(=O)C2CCC(Oc3nccc(-n4ccc5c(OCCCS(C)(=O)=O)cccc54)n3)CC2)CC1. The van der Waals surface area contributed by atoms with Gasteiger partial charge >= 0.3 is 208 Å². The van der Waals surface area contributed by atoms with E-state index in [1.807, 2.05) is 54.9 Å². The Kier molecular flexibility index (Phi) is 11.4. The monoisotopic (exact) mass is 753 g/mol. The summed E-state index contributed by atoms with van der Waals surface area (Å²) in [6.45, 7) is 4.21. The Balaban J connectivity index is 1.12. The van der Waals surface area contributed by atoms with Gasteiger partial charge in [0, 0.05) is 6.26 Å². The van der Waals surface area contributed by atoms with Crippen LogP contribution < -0.4 is 9.47 Å². The quantitative estimate of drug-likeness (QED) is 0.0684. The average Bonchev–Trinajstić information content (AvgIpc) is 3.48. The first-order chi connectivity index (χ1) is 21.6. The standard InChI is InChI=1S/C33H44IN3O7S/c1-4-23(2)32(39)43-26-13-17-34(18-14-26)31(38)24-9-11-25(12-10-24)44-33-35-19-15-30(36-33)37-20-16-27-28(37)7-5-8-29(27)42-21-6-22-45(3,40)41/h5,7-8,15-16,19-20,23-26H,4,6,9-14,17-18,21-22H2,1-3H3/t23-,24?,25?/m1/s1. The van der Waals surface area contributed by atoms with Crippen LogP contribution in [0, 0.1) is 11.8 Å². The molecule has 1 aliphatic heterocycles. The summed E-state index contributed by atoms with van der Waals surface area (Å²) < 4.78 is 45.0. The molecule has 2 fully saturated rings. The Morgan fingerprint density at radius 2 is 1.80 bits per heavy atom. The second kappa shape index (κ2) is 15.2. The number of aromatic nitrogens is 3. The van der Waals surface area contributed by atoms with Crippen LogP contribution in [0.15, 0.2) is 42.7 Å². The molecule has 2 aliphatic rings. The number of hydrogen-bond donors (Lipinski definition) is 0. The van der Waals surface area contributed by atoms with Crippen molar-refractivity contribution in [2.45, 2.75) is 77.4 Å². The van der Waals surface area contributed by atoms with Crippen LogP contribution in [0.25, 0.3) is 16.7 Å². The fraction of sp³-hybridized carbons (Fsp3) is 0.576. The third-order valence-electron chi connectivity index (χ3n) is 8.62. The third kappa shape index (κ3) is 8.96. The van der Waals surface area contributed by atoms with E-state index in [2.05, 4.69) is 9.97 Å². The summed E-state index contributed by atoms with van der Waals surface area (Å²) in [5.74, 6) is 1.40. The summed E-state index contributed by atoms with van der Waals surface area (Å²) >= 11 is -1.70. The maximum absolute atomic E-state index is 13.4. The van der Waals surface area contributed by atoms with Gasteiger partial charge in [-0.25, -0.2) is 8.42 Å². The van der Waals surface area contributed by atoms with Crippen LogP contribution >= 0.6 is 19.8 Å². The minimum absolute atomic E-state index is 0.0219. The van der Waals surface area contributed by atoms with Crippen LogP contribution in [-0.4, -0.2) is 72.4 Å². The molecule has 12 heteroatoms. The second-order valence-corrected chi connectivity index (χ2v) is 20.2. The van der Waals surface area contributed by atoms with E-state index >= 15 is 0 Å². The normalized spacial score (nSPS) is 20.9. The molecule has 3 aromatic rings. The zero-order chi connectivity index (χ0) is 32.0. The first-order valence-electron chi connectivity index (χ1n) is 15.9. The van der Waals surface area contributed by atoms with Crippen LogP contribution in [0.4, 0.5) is 0 Å². The number of hydrogen-bond acceptors (Lipinski definition) is 9. The van der Waals surface area contributed by atoms with E-state index in [1.165, 1.54) is 6.26 Å². The van der Waals surface area contributed by atoms with E-state index in [0.29, 0.717) is 34.4 Å². The van der Waals surface area contributed by atoms with Crippen molar-refractivity contribution < 1.29 is 32.2 Å². The van der Waals surface area contributed by atoms with Crippen molar-refractivity contribution >= 4 is 50.3 Å². The van der Waals surface area contributed by atoms with Crippen LogP contribution in [0.2, 0.25) is 0 Å². The second-order valence-electron chi connectivity index (χ2n) is 12.1. The Morgan fingerprint density at radius 3 is 2.51 bits per heavy atom. The molecule has 10 nitrogen and oxygen atoms in total. The molecule has 1 aromatic carbocycles. The van der Waals surface area contributed by atoms with Crippen LogP contribution in [0.3, 0.4) is 0 Å². The predicted octanol–water partition coefficient (Wildman–Crippen LogP) is 5.96. The van der Waals surface area contributed by atoms with Gasteiger partial charge in [0.05, 0.1) is 12.4 Å². The molecule has 2 aromatic heterocycles. The third-order valence-corrected chi connectivity index (χ3v) is 15.9. The average molecular weight is 754 g/mol. The molecule has 1 saturated carbocycles. The van der Waals surface area contributed by atoms with Crippen LogP contribution in [-0.2, 0) is 24.2 Å². The molecule has 1 atom stereocenters. The Morgan fingerprint density at radius 1 is 1.04 bits per heavy atom. The van der Waals surface area contributed by atoms with Gasteiger partial charge in [0.25, 0.3) is 0 Å². The minimum atomic E-state index is -3.02. The molecule has 0 unspecified atom stereocenters. The van der Waals surface area contributed by atoms with Crippen molar-refractivity contribution in [2.24, 2.45) is 11.8 Å². The number of carbonyl (C=O) groups is 2. The summed E-state index contributed by atoms with van der Waals surface area (Å²) in [5.41, 5.74) is 0.909. The van der Waals surface area contributed by atoms with Gasteiger partial charge < -0.3 is 4.74 Å². The molecule has 0 N–H and O–H groups in total. The van der Waals surface area contributed by atoms with Crippen molar-refractivity contribution in [3.8, 4) is 17.6 Å². The molecule has 0 spiro atoms. The number of sulfone groups is 1. The molecule has 0 amide bonds. The fourth-order valence-electron chi connectivity index (χ4n) is 5.76.